The molecule has 7 heteroatoms. The summed E-state index contributed by atoms with van der Waals surface area (Å²) in [6, 6.07) is 4.72. The highest BCUT2D eigenvalue weighted by atomic mass is 16.3. The molecule has 0 aromatic heterocycles. The van der Waals surface area contributed by atoms with Crippen LogP contribution in [0.4, 0.5) is 0 Å². The van der Waals surface area contributed by atoms with Crippen LogP contribution in [0.15, 0.2) is 24.3 Å². The maximum Gasteiger partial charge on any atom is 0.275 e. The van der Waals surface area contributed by atoms with E-state index < -0.39 is 24.0 Å². The van der Waals surface area contributed by atoms with Crippen LogP contribution in [-0.4, -0.2) is 39.2 Å². The van der Waals surface area contributed by atoms with Gasteiger partial charge in [0.05, 0.1) is 0 Å². The van der Waals surface area contributed by atoms with Gasteiger partial charge in [-0.05, 0) is 30.5 Å². The Balaban J connectivity index is 1.96. The molecule has 1 unspecified atom stereocenters. The number of hydrogen-bond donors (Lipinski definition) is 4. The summed E-state index contributed by atoms with van der Waals surface area (Å²) in [7, 11) is 0. The summed E-state index contributed by atoms with van der Waals surface area (Å²) in [4.78, 5) is 24.4. The van der Waals surface area contributed by atoms with Gasteiger partial charge in [-0.1, -0.05) is 38.2 Å². The van der Waals surface area contributed by atoms with Gasteiger partial charge >= 0.3 is 0 Å². The number of nitrogens with zero attached hydrogens (tertiary/aromatic N) is 1. The number of hydrazine groups is 1. The number of phenols is 1. The molecule has 1 aromatic rings. The van der Waals surface area contributed by atoms with Gasteiger partial charge in [-0.3, -0.25) is 9.59 Å². The Morgan fingerprint density at radius 1 is 1.25 bits per heavy atom. The van der Waals surface area contributed by atoms with E-state index in [2.05, 4.69) is 0 Å². The van der Waals surface area contributed by atoms with Crippen molar-refractivity contribution in [3.8, 4) is 5.75 Å². The molecular weight excluding hydrogens is 310 g/mol. The fourth-order valence-corrected chi connectivity index (χ4v) is 3.14. The lowest BCUT2D eigenvalue weighted by atomic mass is 9.84. The third-order valence-corrected chi connectivity index (χ3v) is 4.54. The molecule has 24 heavy (non-hydrogen) atoms. The molecule has 1 saturated carbocycles. The number of aliphatic hydroxyl groups excluding tert-OH is 1. The highest BCUT2D eigenvalue weighted by molar-refractivity contribution is 6.05. The van der Waals surface area contributed by atoms with Gasteiger partial charge < -0.3 is 15.9 Å². The summed E-state index contributed by atoms with van der Waals surface area (Å²) in [6.07, 6.45) is 4.58. The number of aromatic hydroxyl groups is 1. The number of benzene rings is 1. The summed E-state index contributed by atoms with van der Waals surface area (Å²) in [5.41, 5.74) is 6.00. The average molecular weight is 335 g/mol. The molecule has 1 fully saturated rings. The number of nitrogens with two attached hydrogens (primary N) is 2. The largest absolute Gasteiger partial charge is 0.508 e. The van der Waals surface area contributed by atoms with E-state index in [1.807, 2.05) is 0 Å². The first-order valence-electron chi connectivity index (χ1n) is 8.26. The van der Waals surface area contributed by atoms with Gasteiger partial charge in [0.15, 0.2) is 0 Å². The average Bonchev–Trinajstić information content (AvgIpc) is 2.60. The molecule has 1 aromatic carbocycles. The third-order valence-electron chi connectivity index (χ3n) is 4.54. The summed E-state index contributed by atoms with van der Waals surface area (Å²) in [6.45, 7) is 0. The van der Waals surface area contributed by atoms with Gasteiger partial charge in [-0.2, -0.15) is 0 Å². The highest BCUT2D eigenvalue weighted by Crippen LogP contribution is 2.27. The predicted molar refractivity (Wildman–Crippen MR) is 88.6 cm³/mol. The first-order chi connectivity index (χ1) is 11.4. The van der Waals surface area contributed by atoms with E-state index in [1.54, 1.807) is 0 Å². The molecule has 0 heterocycles. The van der Waals surface area contributed by atoms with Gasteiger partial charge in [0, 0.05) is 11.6 Å². The number of rotatable bonds is 5. The predicted octanol–water partition coefficient (Wildman–Crippen LogP) is 0.893. The fourth-order valence-electron chi connectivity index (χ4n) is 3.14. The van der Waals surface area contributed by atoms with E-state index in [-0.39, 0.29) is 11.3 Å². The van der Waals surface area contributed by atoms with Crippen molar-refractivity contribution in [2.24, 2.45) is 17.5 Å². The van der Waals surface area contributed by atoms with Crippen molar-refractivity contribution in [3.63, 3.8) is 0 Å². The molecular formula is C17H25N3O4. The van der Waals surface area contributed by atoms with Crippen LogP contribution >= 0.6 is 0 Å². The molecule has 1 aliphatic rings. The normalized spacial score (nSPS) is 18.0. The Hall–Kier alpha value is -1.96. The number of carbonyl (C=O) groups excluding carboxylic acids is 2. The molecule has 7 nitrogen and oxygen atoms in total. The van der Waals surface area contributed by atoms with Gasteiger partial charge in [0.25, 0.3) is 11.8 Å². The lowest BCUT2D eigenvalue weighted by Gasteiger charge is -2.28. The standard InChI is InChI=1S/C17H25N3O4/c18-14(9-11-5-2-1-3-6-11)15(22)17(24)20(19)16(23)12-7-4-8-13(21)10-12/h4,7-8,10-11,14-15,21-22H,1-3,5-6,9,18-19H2/t14-,15?/m1/s1. The molecule has 2 rings (SSSR count). The zero-order chi connectivity index (χ0) is 17.7. The van der Waals surface area contributed by atoms with Crippen molar-refractivity contribution in [2.75, 3.05) is 0 Å². The van der Waals surface area contributed by atoms with Gasteiger partial charge in [-0.25, -0.2) is 10.9 Å². The zero-order valence-electron chi connectivity index (χ0n) is 13.6. The van der Waals surface area contributed by atoms with Crippen molar-refractivity contribution in [1.29, 1.82) is 0 Å². The molecule has 2 amide bonds. The Bertz CT molecular complexity index is 587. The summed E-state index contributed by atoms with van der Waals surface area (Å²) >= 11 is 0. The number of amides is 2. The monoisotopic (exact) mass is 335 g/mol. The zero-order valence-corrected chi connectivity index (χ0v) is 13.6. The fraction of sp³-hybridized carbons (Fsp3) is 0.529. The van der Waals surface area contributed by atoms with Crippen LogP contribution in [0.2, 0.25) is 0 Å². The SMILES string of the molecule is N[C@H](CC1CCCCC1)C(O)C(=O)N(N)C(=O)c1cccc(O)c1. The minimum atomic E-state index is -1.53. The number of hydrogen-bond acceptors (Lipinski definition) is 6. The summed E-state index contributed by atoms with van der Waals surface area (Å²) < 4.78 is 0. The Labute approximate surface area is 141 Å². The van der Waals surface area contributed by atoms with Crippen LogP contribution in [0.1, 0.15) is 48.9 Å². The minimum Gasteiger partial charge on any atom is -0.508 e. The van der Waals surface area contributed by atoms with Crippen LogP contribution in [0.5, 0.6) is 5.75 Å². The molecule has 0 spiro atoms. The van der Waals surface area contributed by atoms with E-state index in [9.17, 15) is 19.8 Å². The lowest BCUT2D eigenvalue weighted by Crippen LogP contribution is -2.53. The van der Waals surface area contributed by atoms with Crippen molar-refractivity contribution < 1.29 is 19.8 Å². The van der Waals surface area contributed by atoms with Crippen molar-refractivity contribution in [2.45, 2.75) is 50.7 Å². The Morgan fingerprint density at radius 2 is 1.92 bits per heavy atom. The van der Waals surface area contributed by atoms with Gasteiger partial charge in [0.1, 0.15) is 11.9 Å². The number of phenolic OH excluding ortho intramolecular Hbond substituents is 1. The van der Waals surface area contributed by atoms with E-state index in [0.29, 0.717) is 17.3 Å². The molecule has 0 saturated heterocycles. The highest BCUT2D eigenvalue weighted by Gasteiger charge is 2.32. The van der Waals surface area contributed by atoms with E-state index >= 15 is 0 Å². The number of aliphatic hydroxyl groups is 1. The Morgan fingerprint density at radius 3 is 2.54 bits per heavy atom. The van der Waals surface area contributed by atoms with Crippen LogP contribution < -0.4 is 11.6 Å². The van der Waals surface area contributed by atoms with E-state index in [0.717, 1.165) is 25.7 Å². The second-order valence-corrected chi connectivity index (χ2v) is 6.41. The molecule has 0 bridgehead atoms. The number of carbonyl (C=O) groups is 2. The molecule has 6 N–H and O–H groups in total. The van der Waals surface area contributed by atoms with Crippen molar-refractivity contribution >= 4 is 11.8 Å². The van der Waals surface area contributed by atoms with Crippen LogP contribution in [0.25, 0.3) is 0 Å². The van der Waals surface area contributed by atoms with Crippen LogP contribution in [-0.2, 0) is 4.79 Å². The first kappa shape index (κ1) is 18.4. The Kier molecular flexibility index (Phi) is 6.30. The van der Waals surface area contributed by atoms with Crippen LogP contribution in [0.3, 0.4) is 0 Å². The molecule has 1 aliphatic carbocycles. The quantitative estimate of drug-likeness (QED) is 0.359. The number of imide groups is 1. The lowest BCUT2D eigenvalue weighted by molar-refractivity contribution is -0.139. The summed E-state index contributed by atoms with van der Waals surface area (Å²) in [5.74, 6) is 4.09. The topological polar surface area (TPSA) is 130 Å². The minimum absolute atomic E-state index is 0.0545. The molecule has 2 atom stereocenters. The van der Waals surface area contributed by atoms with Crippen molar-refractivity contribution in [3.05, 3.63) is 29.8 Å². The second kappa shape index (κ2) is 8.23. The third kappa shape index (κ3) is 4.53. The first-order valence-corrected chi connectivity index (χ1v) is 8.26. The maximum absolute atomic E-state index is 12.2. The second-order valence-electron chi connectivity index (χ2n) is 6.41. The molecule has 0 aliphatic heterocycles. The van der Waals surface area contributed by atoms with Crippen LogP contribution in [0, 0.1) is 5.92 Å². The maximum atomic E-state index is 12.2. The van der Waals surface area contributed by atoms with E-state index in [1.165, 1.54) is 30.7 Å². The molecule has 132 valence electrons. The molecule has 0 radical (unpaired) electrons. The van der Waals surface area contributed by atoms with Crippen molar-refractivity contribution in [1.82, 2.24) is 5.01 Å². The summed E-state index contributed by atoms with van der Waals surface area (Å²) in [5, 5.41) is 19.9. The van der Waals surface area contributed by atoms with Gasteiger partial charge in [0.2, 0.25) is 0 Å². The smallest absolute Gasteiger partial charge is 0.275 e. The van der Waals surface area contributed by atoms with Gasteiger partial charge in [-0.15, -0.1) is 0 Å². The van der Waals surface area contributed by atoms with E-state index in [4.69, 9.17) is 11.6 Å².